The summed E-state index contributed by atoms with van der Waals surface area (Å²) in [7, 11) is 0. The third-order valence-corrected chi connectivity index (χ3v) is 4.31. The molecule has 1 unspecified atom stereocenters. The number of hydrogen-bond donors (Lipinski definition) is 1. The second-order valence-corrected chi connectivity index (χ2v) is 6.63. The summed E-state index contributed by atoms with van der Waals surface area (Å²) in [5.41, 5.74) is 0. The number of hydrogen-bond acceptors (Lipinski definition) is 2. The SMILES string of the molecule is [CH2]C(O)OCCCCCCCCCCCCCCCCCC. The van der Waals surface area contributed by atoms with E-state index in [0.29, 0.717) is 6.61 Å². The smallest absolute Gasteiger partial charge is 0.154 e. The highest BCUT2D eigenvalue weighted by Crippen LogP contribution is 2.13. The van der Waals surface area contributed by atoms with Crippen molar-refractivity contribution in [2.75, 3.05) is 6.61 Å². The summed E-state index contributed by atoms with van der Waals surface area (Å²) in [5.74, 6) is 0. The summed E-state index contributed by atoms with van der Waals surface area (Å²) < 4.78 is 5.01. The van der Waals surface area contributed by atoms with Crippen molar-refractivity contribution in [1.82, 2.24) is 0 Å². The molecule has 0 aliphatic carbocycles. The van der Waals surface area contributed by atoms with E-state index in [2.05, 4.69) is 13.8 Å². The normalized spacial score (nSPS) is 12.7. The summed E-state index contributed by atoms with van der Waals surface area (Å²) in [5, 5.41) is 8.84. The zero-order valence-corrected chi connectivity index (χ0v) is 15.2. The Morgan fingerprint density at radius 1 is 0.636 bits per heavy atom. The molecule has 1 radical (unpaired) electrons. The molecular formula is C20H41O2. The van der Waals surface area contributed by atoms with Gasteiger partial charge in [0, 0.05) is 13.5 Å². The van der Waals surface area contributed by atoms with Crippen LogP contribution in [0.25, 0.3) is 0 Å². The lowest BCUT2D eigenvalue weighted by atomic mass is 10.0. The Labute approximate surface area is 140 Å². The standard InChI is InChI=1S/C20H41O2/c1-3-4-5-6-7-8-9-10-11-12-13-14-15-16-17-18-19-22-20(2)21/h20-21H,2-19H2,1H3. The molecule has 0 spiro atoms. The second-order valence-electron chi connectivity index (χ2n) is 6.63. The first-order valence-electron chi connectivity index (χ1n) is 9.90. The summed E-state index contributed by atoms with van der Waals surface area (Å²) in [6.45, 7) is 6.31. The van der Waals surface area contributed by atoms with Crippen molar-refractivity contribution in [2.24, 2.45) is 0 Å². The molecule has 0 rings (SSSR count). The van der Waals surface area contributed by atoms with E-state index in [1.807, 2.05) is 0 Å². The molecule has 0 fully saturated rings. The fourth-order valence-electron chi connectivity index (χ4n) is 2.87. The maximum absolute atomic E-state index is 8.84. The third kappa shape index (κ3) is 19.9. The monoisotopic (exact) mass is 313 g/mol. The summed E-state index contributed by atoms with van der Waals surface area (Å²) in [6.07, 6.45) is 21.2. The molecule has 0 aliphatic rings. The highest BCUT2D eigenvalue weighted by Gasteiger charge is 1.96. The van der Waals surface area contributed by atoms with Crippen LogP contribution in [-0.4, -0.2) is 18.0 Å². The number of rotatable bonds is 18. The molecule has 0 aromatic carbocycles. The average Bonchev–Trinajstić information content (AvgIpc) is 2.50. The van der Waals surface area contributed by atoms with E-state index in [-0.39, 0.29) is 0 Å². The van der Waals surface area contributed by atoms with Crippen LogP contribution >= 0.6 is 0 Å². The zero-order valence-electron chi connectivity index (χ0n) is 15.2. The molecule has 133 valence electrons. The van der Waals surface area contributed by atoms with Crippen molar-refractivity contribution >= 4 is 0 Å². The van der Waals surface area contributed by atoms with Crippen LogP contribution in [0.3, 0.4) is 0 Å². The quantitative estimate of drug-likeness (QED) is 0.234. The fourth-order valence-corrected chi connectivity index (χ4v) is 2.87. The van der Waals surface area contributed by atoms with E-state index in [0.717, 1.165) is 6.42 Å². The van der Waals surface area contributed by atoms with Gasteiger partial charge < -0.3 is 9.84 Å². The lowest BCUT2D eigenvalue weighted by Gasteiger charge is -2.06. The van der Waals surface area contributed by atoms with Crippen LogP contribution in [0, 0.1) is 6.92 Å². The maximum atomic E-state index is 8.84. The number of aliphatic hydroxyl groups is 1. The summed E-state index contributed by atoms with van der Waals surface area (Å²) in [6, 6.07) is 0. The van der Waals surface area contributed by atoms with Crippen LogP contribution in [0.1, 0.15) is 110 Å². The van der Waals surface area contributed by atoms with Crippen LogP contribution in [-0.2, 0) is 4.74 Å². The number of aliphatic hydroxyl groups excluding tert-OH is 1. The van der Waals surface area contributed by atoms with Gasteiger partial charge in [-0.05, 0) is 6.42 Å². The van der Waals surface area contributed by atoms with Gasteiger partial charge in [-0.3, -0.25) is 0 Å². The maximum Gasteiger partial charge on any atom is 0.154 e. The molecule has 2 heteroatoms. The van der Waals surface area contributed by atoms with Gasteiger partial charge in [0.15, 0.2) is 6.29 Å². The Kier molecular flexibility index (Phi) is 18.9. The summed E-state index contributed by atoms with van der Waals surface area (Å²) >= 11 is 0. The van der Waals surface area contributed by atoms with Crippen molar-refractivity contribution < 1.29 is 9.84 Å². The topological polar surface area (TPSA) is 29.5 Å². The van der Waals surface area contributed by atoms with Crippen LogP contribution in [0.15, 0.2) is 0 Å². The lowest BCUT2D eigenvalue weighted by molar-refractivity contribution is -0.0672. The predicted octanol–water partition coefficient (Wildman–Crippen LogP) is 6.42. The van der Waals surface area contributed by atoms with Gasteiger partial charge in [-0.25, -0.2) is 0 Å². The molecule has 0 bridgehead atoms. The van der Waals surface area contributed by atoms with Gasteiger partial charge in [0.2, 0.25) is 0 Å². The Bertz CT molecular complexity index is 192. The van der Waals surface area contributed by atoms with Crippen molar-refractivity contribution in [1.29, 1.82) is 0 Å². The lowest BCUT2D eigenvalue weighted by Crippen LogP contribution is -2.07. The molecule has 0 saturated heterocycles. The largest absolute Gasteiger partial charge is 0.368 e. The van der Waals surface area contributed by atoms with E-state index >= 15 is 0 Å². The van der Waals surface area contributed by atoms with Crippen LogP contribution in [0.2, 0.25) is 0 Å². The van der Waals surface area contributed by atoms with Gasteiger partial charge in [0.1, 0.15) is 0 Å². The van der Waals surface area contributed by atoms with E-state index in [1.54, 1.807) is 0 Å². The molecule has 0 saturated carbocycles. The molecule has 0 heterocycles. The minimum atomic E-state index is -0.851. The molecule has 1 atom stereocenters. The molecule has 0 amide bonds. The zero-order chi connectivity index (χ0) is 16.3. The van der Waals surface area contributed by atoms with E-state index in [9.17, 15) is 0 Å². The Morgan fingerprint density at radius 3 is 1.27 bits per heavy atom. The Morgan fingerprint density at radius 2 is 0.955 bits per heavy atom. The van der Waals surface area contributed by atoms with Gasteiger partial charge in [-0.2, -0.15) is 0 Å². The minimum absolute atomic E-state index is 0.642. The van der Waals surface area contributed by atoms with Crippen molar-refractivity contribution in [3.63, 3.8) is 0 Å². The molecule has 1 N–H and O–H groups in total. The van der Waals surface area contributed by atoms with Crippen LogP contribution in [0.5, 0.6) is 0 Å². The van der Waals surface area contributed by atoms with Crippen molar-refractivity contribution in [3.05, 3.63) is 6.92 Å². The highest BCUT2D eigenvalue weighted by atomic mass is 16.6. The molecule has 0 aliphatic heterocycles. The predicted molar refractivity (Wildman–Crippen MR) is 96.9 cm³/mol. The van der Waals surface area contributed by atoms with E-state index < -0.39 is 6.29 Å². The molecule has 0 aromatic heterocycles. The molecular weight excluding hydrogens is 272 g/mol. The third-order valence-electron chi connectivity index (χ3n) is 4.31. The van der Waals surface area contributed by atoms with Gasteiger partial charge in [-0.1, -0.05) is 103 Å². The fraction of sp³-hybridized carbons (Fsp3) is 0.950. The molecule has 0 aromatic rings. The van der Waals surface area contributed by atoms with E-state index in [4.69, 9.17) is 9.84 Å². The number of ether oxygens (including phenoxy) is 1. The van der Waals surface area contributed by atoms with E-state index in [1.165, 1.54) is 96.3 Å². The summed E-state index contributed by atoms with van der Waals surface area (Å²) in [4.78, 5) is 0. The second kappa shape index (κ2) is 19.0. The Hall–Kier alpha value is -0.0800. The average molecular weight is 314 g/mol. The first-order valence-corrected chi connectivity index (χ1v) is 9.90. The minimum Gasteiger partial charge on any atom is -0.368 e. The highest BCUT2D eigenvalue weighted by molar-refractivity contribution is 4.50. The molecule has 2 nitrogen and oxygen atoms in total. The van der Waals surface area contributed by atoms with Crippen molar-refractivity contribution in [3.8, 4) is 0 Å². The first kappa shape index (κ1) is 21.9. The molecule has 22 heavy (non-hydrogen) atoms. The van der Waals surface area contributed by atoms with Gasteiger partial charge in [0.25, 0.3) is 0 Å². The number of unbranched alkanes of at least 4 members (excludes halogenated alkanes) is 15. The Balaban J connectivity index is 2.94. The van der Waals surface area contributed by atoms with Gasteiger partial charge in [-0.15, -0.1) is 0 Å². The van der Waals surface area contributed by atoms with Gasteiger partial charge in [0.05, 0.1) is 0 Å². The van der Waals surface area contributed by atoms with Crippen LogP contribution < -0.4 is 0 Å². The van der Waals surface area contributed by atoms with Gasteiger partial charge >= 0.3 is 0 Å². The van der Waals surface area contributed by atoms with Crippen molar-refractivity contribution in [2.45, 2.75) is 116 Å². The first-order chi connectivity index (χ1) is 10.8. The van der Waals surface area contributed by atoms with Crippen LogP contribution in [0.4, 0.5) is 0 Å².